The van der Waals surface area contributed by atoms with Crippen LogP contribution >= 0.6 is 11.6 Å². The zero-order valence-corrected chi connectivity index (χ0v) is 14.3. The Bertz CT molecular complexity index is 654. The summed E-state index contributed by atoms with van der Waals surface area (Å²) in [6, 6.07) is 14.3. The van der Waals surface area contributed by atoms with Crippen LogP contribution in [-0.2, 0) is 6.54 Å². The summed E-state index contributed by atoms with van der Waals surface area (Å²) in [5.74, 6) is 0.899. The number of hydrogen-bond acceptors (Lipinski definition) is 3. The van der Waals surface area contributed by atoms with Gasteiger partial charge in [0, 0.05) is 30.9 Å². The van der Waals surface area contributed by atoms with Crippen LogP contribution in [0.4, 0.5) is 11.4 Å². The first-order chi connectivity index (χ1) is 11.3. The molecule has 1 N–H and O–H groups in total. The summed E-state index contributed by atoms with van der Waals surface area (Å²) >= 11 is 6.50. The molecule has 0 saturated carbocycles. The highest BCUT2D eigenvalue weighted by molar-refractivity contribution is 6.33. The summed E-state index contributed by atoms with van der Waals surface area (Å²) in [6.45, 7) is 2.92. The van der Waals surface area contributed by atoms with Gasteiger partial charge in [0.05, 0.1) is 17.8 Å². The second-order valence-corrected chi connectivity index (χ2v) is 6.29. The van der Waals surface area contributed by atoms with Gasteiger partial charge in [-0.25, -0.2) is 0 Å². The first-order valence-electron chi connectivity index (χ1n) is 8.18. The molecule has 23 heavy (non-hydrogen) atoms. The summed E-state index contributed by atoms with van der Waals surface area (Å²) in [7, 11) is 1.70. The average Bonchev–Trinajstić information content (AvgIpc) is 2.61. The molecule has 0 radical (unpaired) electrons. The normalized spacial score (nSPS) is 14.6. The maximum absolute atomic E-state index is 6.50. The summed E-state index contributed by atoms with van der Waals surface area (Å²) < 4.78 is 5.38. The third-order valence-electron chi connectivity index (χ3n) is 4.32. The van der Waals surface area contributed by atoms with E-state index in [1.807, 2.05) is 24.3 Å². The first kappa shape index (κ1) is 16.0. The highest BCUT2D eigenvalue weighted by Crippen LogP contribution is 2.31. The van der Waals surface area contributed by atoms with Crippen LogP contribution in [0, 0.1) is 0 Å². The van der Waals surface area contributed by atoms with Crippen molar-refractivity contribution < 1.29 is 4.74 Å². The molecule has 0 aromatic heterocycles. The van der Waals surface area contributed by atoms with Crippen molar-refractivity contribution >= 4 is 23.0 Å². The summed E-state index contributed by atoms with van der Waals surface area (Å²) in [5.41, 5.74) is 3.31. The fraction of sp³-hybridized carbons (Fsp3) is 0.368. The van der Waals surface area contributed by atoms with Gasteiger partial charge in [0.15, 0.2) is 0 Å². The van der Waals surface area contributed by atoms with Crippen LogP contribution in [0.15, 0.2) is 42.5 Å². The molecule has 1 fully saturated rings. The molecule has 4 heteroatoms. The molecule has 2 aromatic carbocycles. The smallest absolute Gasteiger partial charge is 0.123 e. The van der Waals surface area contributed by atoms with Crippen LogP contribution in [0.1, 0.15) is 24.8 Å². The fourth-order valence-corrected chi connectivity index (χ4v) is 3.35. The van der Waals surface area contributed by atoms with E-state index in [0.717, 1.165) is 40.8 Å². The van der Waals surface area contributed by atoms with Crippen molar-refractivity contribution in [2.75, 3.05) is 30.4 Å². The molecule has 0 unspecified atom stereocenters. The number of halogens is 1. The lowest BCUT2D eigenvalue weighted by Gasteiger charge is -2.29. The van der Waals surface area contributed by atoms with Gasteiger partial charge in [0.2, 0.25) is 0 Å². The molecule has 0 bridgehead atoms. The van der Waals surface area contributed by atoms with Crippen molar-refractivity contribution in [2.45, 2.75) is 25.8 Å². The van der Waals surface area contributed by atoms with Gasteiger partial charge in [0.25, 0.3) is 0 Å². The van der Waals surface area contributed by atoms with Crippen LogP contribution in [0.25, 0.3) is 0 Å². The Morgan fingerprint density at radius 1 is 1.09 bits per heavy atom. The molecule has 1 aliphatic rings. The second kappa shape index (κ2) is 7.60. The standard InChI is InChI=1S/C19H23ClN2O/c1-23-19-8-4-3-7-15(19)14-21-16-9-10-18(17(20)13-16)22-11-5-2-6-12-22/h3-4,7-10,13,21H,2,5-6,11-12,14H2,1H3. The van der Waals surface area contributed by atoms with Gasteiger partial charge < -0.3 is 15.0 Å². The van der Waals surface area contributed by atoms with E-state index in [9.17, 15) is 0 Å². The number of piperidine rings is 1. The molecule has 0 amide bonds. The predicted molar refractivity (Wildman–Crippen MR) is 97.8 cm³/mol. The van der Waals surface area contributed by atoms with Crippen molar-refractivity contribution in [1.82, 2.24) is 0 Å². The Kier molecular flexibility index (Phi) is 5.29. The van der Waals surface area contributed by atoms with E-state index in [2.05, 4.69) is 28.4 Å². The predicted octanol–water partition coefficient (Wildman–Crippen LogP) is 4.95. The number of nitrogens with zero attached hydrogens (tertiary/aromatic N) is 1. The van der Waals surface area contributed by atoms with Gasteiger partial charge in [-0.15, -0.1) is 0 Å². The average molecular weight is 331 g/mol. The van der Waals surface area contributed by atoms with Crippen LogP contribution in [0.2, 0.25) is 5.02 Å². The molecule has 1 aliphatic heterocycles. The Labute approximate surface area is 143 Å². The molecule has 1 heterocycles. The minimum absolute atomic E-state index is 0.712. The Hall–Kier alpha value is -1.87. The molecular weight excluding hydrogens is 308 g/mol. The highest BCUT2D eigenvalue weighted by atomic mass is 35.5. The monoisotopic (exact) mass is 330 g/mol. The zero-order valence-electron chi connectivity index (χ0n) is 13.5. The topological polar surface area (TPSA) is 24.5 Å². The van der Waals surface area contributed by atoms with Gasteiger partial charge >= 0.3 is 0 Å². The molecule has 0 spiro atoms. The number of rotatable bonds is 5. The molecular formula is C19H23ClN2O. The maximum Gasteiger partial charge on any atom is 0.123 e. The quantitative estimate of drug-likeness (QED) is 0.839. The summed E-state index contributed by atoms with van der Waals surface area (Å²) in [5, 5.41) is 4.24. The number of benzene rings is 2. The largest absolute Gasteiger partial charge is 0.496 e. The van der Waals surface area contributed by atoms with E-state index in [1.165, 1.54) is 19.3 Å². The van der Waals surface area contributed by atoms with Gasteiger partial charge in [-0.2, -0.15) is 0 Å². The minimum atomic E-state index is 0.712. The summed E-state index contributed by atoms with van der Waals surface area (Å²) in [6.07, 6.45) is 3.83. The Balaban J connectivity index is 1.68. The van der Waals surface area contributed by atoms with Crippen molar-refractivity contribution in [3.05, 3.63) is 53.1 Å². The van der Waals surface area contributed by atoms with Crippen LogP contribution in [0.3, 0.4) is 0 Å². The molecule has 0 aliphatic carbocycles. The fourth-order valence-electron chi connectivity index (χ4n) is 3.05. The summed E-state index contributed by atoms with van der Waals surface area (Å²) in [4.78, 5) is 2.38. The molecule has 122 valence electrons. The number of para-hydroxylation sites is 1. The third-order valence-corrected chi connectivity index (χ3v) is 4.62. The molecule has 2 aromatic rings. The minimum Gasteiger partial charge on any atom is -0.496 e. The SMILES string of the molecule is COc1ccccc1CNc1ccc(N2CCCCC2)c(Cl)c1. The van der Waals surface area contributed by atoms with E-state index < -0.39 is 0 Å². The molecule has 1 saturated heterocycles. The van der Waals surface area contributed by atoms with E-state index in [4.69, 9.17) is 16.3 Å². The van der Waals surface area contributed by atoms with Gasteiger partial charge in [-0.1, -0.05) is 29.8 Å². The molecule has 0 atom stereocenters. The van der Waals surface area contributed by atoms with E-state index in [0.29, 0.717) is 6.54 Å². The lowest BCUT2D eigenvalue weighted by Crippen LogP contribution is -2.29. The van der Waals surface area contributed by atoms with Crippen LogP contribution < -0.4 is 15.0 Å². The van der Waals surface area contributed by atoms with E-state index in [1.54, 1.807) is 7.11 Å². The number of methoxy groups -OCH3 is 1. The lowest BCUT2D eigenvalue weighted by atomic mass is 10.1. The van der Waals surface area contributed by atoms with Crippen molar-refractivity contribution in [3.8, 4) is 5.75 Å². The van der Waals surface area contributed by atoms with E-state index in [-0.39, 0.29) is 0 Å². The first-order valence-corrected chi connectivity index (χ1v) is 8.56. The number of ether oxygens (including phenoxy) is 1. The zero-order chi connectivity index (χ0) is 16.1. The van der Waals surface area contributed by atoms with Crippen molar-refractivity contribution in [2.24, 2.45) is 0 Å². The van der Waals surface area contributed by atoms with Crippen LogP contribution in [-0.4, -0.2) is 20.2 Å². The molecule has 3 nitrogen and oxygen atoms in total. The van der Waals surface area contributed by atoms with Gasteiger partial charge in [0.1, 0.15) is 5.75 Å². The highest BCUT2D eigenvalue weighted by Gasteiger charge is 2.14. The number of hydrogen-bond donors (Lipinski definition) is 1. The van der Waals surface area contributed by atoms with Crippen molar-refractivity contribution in [3.63, 3.8) is 0 Å². The number of anilines is 2. The van der Waals surface area contributed by atoms with E-state index >= 15 is 0 Å². The van der Waals surface area contributed by atoms with Gasteiger partial charge in [-0.05, 0) is 43.5 Å². The van der Waals surface area contributed by atoms with Crippen molar-refractivity contribution in [1.29, 1.82) is 0 Å². The second-order valence-electron chi connectivity index (χ2n) is 5.88. The third kappa shape index (κ3) is 3.91. The lowest BCUT2D eigenvalue weighted by molar-refractivity contribution is 0.410. The van der Waals surface area contributed by atoms with Crippen LogP contribution in [0.5, 0.6) is 5.75 Å². The maximum atomic E-state index is 6.50. The number of nitrogens with one attached hydrogen (secondary N) is 1. The van der Waals surface area contributed by atoms with Gasteiger partial charge in [-0.3, -0.25) is 0 Å². The Morgan fingerprint density at radius 3 is 2.61 bits per heavy atom. The molecule has 3 rings (SSSR count). The Morgan fingerprint density at radius 2 is 1.87 bits per heavy atom.